The first kappa shape index (κ1) is 20.3. The van der Waals surface area contributed by atoms with Gasteiger partial charge >= 0.3 is 5.97 Å². The van der Waals surface area contributed by atoms with Crippen LogP contribution in [-0.4, -0.2) is 30.5 Å². The van der Waals surface area contributed by atoms with Crippen LogP contribution in [0, 0.1) is 28.4 Å². The quantitative estimate of drug-likeness (QED) is 0.371. The average molecular weight is 409 g/mol. The van der Waals surface area contributed by atoms with Crippen molar-refractivity contribution in [3.63, 3.8) is 0 Å². The minimum Gasteiger partial charge on any atom is -0.497 e. The van der Waals surface area contributed by atoms with Gasteiger partial charge in [0.1, 0.15) is 17.4 Å². The fraction of sp³-hybridized carbons (Fsp3) is 0.150. The summed E-state index contributed by atoms with van der Waals surface area (Å²) in [5, 5.41) is 22.9. The summed E-state index contributed by atoms with van der Waals surface area (Å²) in [4.78, 5) is 34.6. The van der Waals surface area contributed by atoms with Crippen LogP contribution in [0.25, 0.3) is 11.0 Å². The summed E-state index contributed by atoms with van der Waals surface area (Å²) in [6, 6.07) is 10.2. The maximum atomic E-state index is 12.3. The number of rotatable bonds is 6. The molecule has 0 saturated carbocycles. The molecule has 0 aliphatic rings. The van der Waals surface area contributed by atoms with Gasteiger partial charge in [-0.15, -0.1) is 0 Å². The van der Waals surface area contributed by atoms with Crippen molar-refractivity contribution < 1.29 is 28.4 Å². The predicted molar refractivity (Wildman–Crippen MR) is 104 cm³/mol. The van der Waals surface area contributed by atoms with E-state index in [-0.39, 0.29) is 22.7 Å². The fourth-order valence-corrected chi connectivity index (χ4v) is 2.75. The number of nitriles is 1. The summed E-state index contributed by atoms with van der Waals surface area (Å²) in [6.45, 7) is 1.04. The zero-order chi connectivity index (χ0) is 21.8. The standard InChI is InChI=1S/C20H15N3O7/c1-11-15-8-14(28-2)4-6-17(15)30-19(11)20(25)29-10-18(24)22-16-5-3-13(23(26)27)7-12(16)9-21/h3-8H,10H2,1-2H3,(H,22,24). The third-order valence-electron chi connectivity index (χ3n) is 4.27. The van der Waals surface area contributed by atoms with E-state index < -0.39 is 23.4 Å². The number of carbonyl (C=O) groups is 2. The van der Waals surface area contributed by atoms with Crippen molar-refractivity contribution in [1.29, 1.82) is 5.26 Å². The number of nitro groups is 1. The second-order valence-corrected chi connectivity index (χ2v) is 6.14. The Balaban J connectivity index is 1.69. The molecular formula is C20H15N3O7. The van der Waals surface area contributed by atoms with Crippen molar-refractivity contribution in [2.24, 2.45) is 0 Å². The van der Waals surface area contributed by atoms with E-state index in [0.717, 1.165) is 12.1 Å². The molecule has 0 spiro atoms. The number of nitrogens with zero attached hydrogens (tertiary/aromatic N) is 2. The first-order valence-corrected chi connectivity index (χ1v) is 8.56. The van der Waals surface area contributed by atoms with Crippen LogP contribution in [0.1, 0.15) is 21.7 Å². The second-order valence-electron chi connectivity index (χ2n) is 6.14. The van der Waals surface area contributed by atoms with Gasteiger partial charge in [0.2, 0.25) is 5.76 Å². The van der Waals surface area contributed by atoms with Crippen LogP contribution in [0.15, 0.2) is 40.8 Å². The van der Waals surface area contributed by atoms with Gasteiger partial charge < -0.3 is 19.2 Å². The number of hydrogen-bond donors (Lipinski definition) is 1. The largest absolute Gasteiger partial charge is 0.497 e. The van der Waals surface area contributed by atoms with Crippen molar-refractivity contribution in [3.8, 4) is 11.8 Å². The summed E-state index contributed by atoms with van der Waals surface area (Å²) in [7, 11) is 1.52. The van der Waals surface area contributed by atoms with Gasteiger partial charge in [-0.3, -0.25) is 14.9 Å². The second kappa shape index (κ2) is 8.32. The maximum Gasteiger partial charge on any atom is 0.375 e. The van der Waals surface area contributed by atoms with Crippen LogP contribution in [0.3, 0.4) is 0 Å². The third-order valence-corrected chi connectivity index (χ3v) is 4.27. The molecule has 10 nitrogen and oxygen atoms in total. The average Bonchev–Trinajstić information content (AvgIpc) is 3.08. The molecule has 0 aliphatic heterocycles. The van der Waals surface area contributed by atoms with E-state index in [9.17, 15) is 19.7 Å². The van der Waals surface area contributed by atoms with Gasteiger partial charge in [-0.2, -0.15) is 5.26 Å². The zero-order valence-electron chi connectivity index (χ0n) is 15.9. The van der Waals surface area contributed by atoms with E-state index in [1.54, 1.807) is 31.2 Å². The highest BCUT2D eigenvalue weighted by Crippen LogP contribution is 2.29. The molecule has 30 heavy (non-hydrogen) atoms. The number of hydrogen-bond acceptors (Lipinski definition) is 8. The molecular weight excluding hydrogens is 394 g/mol. The van der Waals surface area contributed by atoms with Gasteiger partial charge in [0, 0.05) is 23.1 Å². The van der Waals surface area contributed by atoms with Crippen molar-refractivity contribution in [2.75, 3.05) is 19.0 Å². The number of amides is 1. The molecule has 0 unspecified atom stereocenters. The molecule has 1 amide bonds. The molecule has 3 rings (SSSR count). The number of fused-ring (bicyclic) bond motifs is 1. The number of anilines is 1. The van der Waals surface area contributed by atoms with Crippen molar-refractivity contribution >= 4 is 34.2 Å². The fourth-order valence-electron chi connectivity index (χ4n) is 2.75. The topological polar surface area (TPSA) is 145 Å². The number of nitro benzene ring substituents is 1. The Kier molecular flexibility index (Phi) is 5.64. The first-order chi connectivity index (χ1) is 14.3. The summed E-state index contributed by atoms with van der Waals surface area (Å²) >= 11 is 0. The van der Waals surface area contributed by atoms with Gasteiger partial charge in [0.05, 0.1) is 23.3 Å². The number of carbonyl (C=O) groups excluding carboxylic acids is 2. The number of aryl methyl sites for hydroxylation is 1. The van der Waals surface area contributed by atoms with Crippen LogP contribution in [-0.2, 0) is 9.53 Å². The molecule has 0 aliphatic carbocycles. The predicted octanol–water partition coefficient (Wildman–Crippen LogP) is 3.33. The Hall–Kier alpha value is -4.39. The summed E-state index contributed by atoms with van der Waals surface area (Å²) in [5.41, 5.74) is 0.695. The van der Waals surface area contributed by atoms with Crippen LogP contribution < -0.4 is 10.1 Å². The Labute approximate surface area is 169 Å². The number of benzene rings is 2. The highest BCUT2D eigenvalue weighted by Gasteiger charge is 2.21. The third kappa shape index (κ3) is 4.05. The van der Waals surface area contributed by atoms with Crippen molar-refractivity contribution in [3.05, 3.63) is 63.4 Å². The SMILES string of the molecule is COc1ccc2oc(C(=O)OCC(=O)Nc3ccc([N+](=O)[O-])cc3C#N)c(C)c2c1. The molecule has 10 heteroatoms. The number of nitrogens with one attached hydrogen (secondary N) is 1. The maximum absolute atomic E-state index is 12.3. The summed E-state index contributed by atoms with van der Waals surface area (Å²) < 4.78 is 15.7. The van der Waals surface area contributed by atoms with Gasteiger partial charge in [0.15, 0.2) is 6.61 Å². The molecule has 2 aromatic carbocycles. The molecule has 1 N–H and O–H groups in total. The molecule has 0 saturated heterocycles. The summed E-state index contributed by atoms with van der Waals surface area (Å²) in [6.07, 6.45) is 0. The van der Waals surface area contributed by atoms with Crippen LogP contribution in [0.5, 0.6) is 5.75 Å². The normalized spacial score (nSPS) is 10.3. The monoisotopic (exact) mass is 409 g/mol. The van der Waals surface area contributed by atoms with Crippen LogP contribution in [0.4, 0.5) is 11.4 Å². The van der Waals surface area contributed by atoms with Crippen LogP contribution >= 0.6 is 0 Å². The highest BCUT2D eigenvalue weighted by atomic mass is 16.6. The van der Waals surface area contributed by atoms with Gasteiger partial charge in [-0.25, -0.2) is 4.79 Å². The lowest BCUT2D eigenvalue weighted by atomic mass is 10.1. The number of non-ortho nitro benzene ring substituents is 1. The minimum absolute atomic E-state index is 0.0425. The Morgan fingerprint density at radius 3 is 2.70 bits per heavy atom. The molecule has 152 valence electrons. The Bertz CT molecular complexity index is 1210. The van der Waals surface area contributed by atoms with Crippen molar-refractivity contribution in [1.82, 2.24) is 0 Å². The Morgan fingerprint density at radius 2 is 2.03 bits per heavy atom. The smallest absolute Gasteiger partial charge is 0.375 e. The number of esters is 1. The first-order valence-electron chi connectivity index (χ1n) is 8.56. The van der Waals surface area contributed by atoms with Crippen molar-refractivity contribution in [2.45, 2.75) is 6.92 Å². The van der Waals surface area contributed by atoms with E-state index in [0.29, 0.717) is 22.3 Å². The van der Waals surface area contributed by atoms with E-state index >= 15 is 0 Å². The lowest BCUT2D eigenvalue weighted by Crippen LogP contribution is -2.21. The minimum atomic E-state index is -0.831. The number of furan rings is 1. The van der Waals surface area contributed by atoms with E-state index in [4.69, 9.17) is 19.2 Å². The molecule has 1 heterocycles. The molecule has 0 radical (unpaired) electrons. The molecule has 1 aromatic heterocycles. The molecule has 0 fully saturated rings. The van der Waals surface area contributed by atoms with Gasteiger partial charge in [-0.1, -0.05) is 0 Å². The highest BCUT2D eigenvalue weighted by molar-refractivity contribution is 5.99. The molecule has 3 aromatic rings. The molecule has 0 atom stereocenters. The van der Waals surface area contributed by atoms with Crippen LogP contribution in [0.2, 0.25) is 0 Å². The summed E-state index contributed by atoms with van der Waals surface area (Å²) in [5.74, 6) is -0.993. The van der Waals surface area contributed by atoms with Gasteiger partial charge in [-0.05, 0) is 31.2 Å². The molecule has 0 bridgehead atoms. The zero-order valence-corrected chi connectivity index (χ0v) is 15.9. The number of methoxy groups -OCH3 is 1. The lowest BCUT2D eigenvalue weighted by Gasteiger charge is -2.07. The lowest BCUT2D eigenvalue weighted by molar-refractivity contribution is -0.384. The number of ether oxygens (including phenoxy) is 2. The Morgan fingerprint density at radius 1 is 1.27 bits per heavy atom. The van der Waals surface area contributed by atoms with E-state index in [1.165, 1.54) is 13.2 Å². The van der Waals surface area contributed by atoms with E-state index in [2.05, 4.69) is 5.32 Å². The van der Waals surface area contributed by atoms with Gasteiger partial charge in [0.25, 0.3) is 11.6 Å². The van der Waals surface area contributed by atoms with E-state index in [1.807, 2.05) is 0 Å².